The van der Waals surface area contributed by atoms with Gasteiger partial charge in [0, 0.05) is 5.69 Å². The highest BCUT2D eigenvalue weighted by Crippen LogP contribution is 2.31. The van der Waals surface area contributed by atoms with Gasteiger partial charge < -0.3 is 10.6 Å². The number of nitrogens with zero attached hydrogens (tertiary/aromatic N) is 2. The number of hydrogen-bond donors (Lipinski definition) is 2. The van der Waals surface area contributed by atoms with Gasteiger partial charge in [0.05, 0.1) is 10.9 Å². The normalized spacial score (nSPS) is 11.9. The number of carbonyl (C=O) groups excluding carboxylic acids is 1. The van der Waals surface area contributed by atoms with Gasteiger partial charge >= 0.3 is 0 Å². The fourth-order valence-electron chi connectivity index (χ4n) is 2.38. The van der Waals surface area contributed by atoms with Crippen molar-refractivity contribution in [3.63, 3.8) is 0 Å². The average Bonchev–Trinajstić information content (AvgIpc) is 3.06. The van der Waals surface area contributed by atoms with Crippen LogP contribution < -0.4 is 10.6 Å². The van der Waals surface area contributed by atoms with Crippen LogP contribution in [0.2, 0.25) is 0 Å². The van der Waals surface area contributed by atoms with E-state index in [1.165, 1.54) is 40.8 Å². The quantitative estimate of drug-likeness (QED) is 0.558. The van der Waals surface area contributed by atoms with Crippen LogP contribution in [-0.2, 0) is 4.79 Å². The first kappa shape index (κ1) is 19.3. The molecule has 3 aromatic rings. The Labute approximate surface area is 165 Å². The molecule has 1 amide bonds. The summed E-state index contributed by atoms with van der Waals surface area (Å²) in [6.07, 6.45) is 0. The molecule has 2 N–H and O–H groups in total. The summed E-state index contributed by atoms with van der Waals surface area (Å²) in [6.45, 7) is 5.82. The number of benzene rings is 2. The number of amides is 1. The van der Waals surface area contributed by atoms with Crippen molar-refractivity contribution in [3.05, 3.63) is 59.4 Å². The lowest BCUT2D eigenvalue weighted by atomic mass is 10.1. The Balaban J connectivity index is 1.61. The number of hydrogen-bond acceptors (Lipinski definition) is 6. The third-order valence-corrected chi connectivity index (χ3v) is 5.83. The van der Waals surface area contributed by atoms with E-state index in [2.05, 4.69) is 26.9 Å². The van der Waals surface area contributed by atoms with Gasteiger partial charge in [0.15, 0.2) is 4.34 Å². The van der Waals surface area contributed by atoms with Crippen LogP contribution in [0.25, 0.3) is 0 Å². The number of halogens is 1. The van der Waals surface area contributed by atoms with Gasteiger partial charge in [0.25, 0.3) is 0 Å². The van der Waals surface area contributed by atoms with E-state index < -0.39 is 11.1 Å². The lowest BCUT2D eigenvalue weighted by molar-refractivity contribution is -0.115. The lowest BCUT2D eigenvalue weighted by Gasteiger charge is -2.10. The first-order valence-electron chi connectivity index (χ1n) is 8.32. The van der Waals surface area contributed by atoms with E-state index in [0.29, 0.717) is 9.47 Å². The van der Waals surface area contributed by atoms with E-state index in [4.69, 9.17) is 0 Å². The summed E-state index contributed by atoms with van der Waals surface area (Å²) in [5.41, 5.74) is 3.46. The highest BCUT2D eigenvalue weighted by molar-refractivity contribution is 8.02. The van der Waals surface area contributed by atoms with E-state index in [1.54, 1.807) is 19.1 Å². The molecule has 0 aliphatic heterocycles. The van der Waals surface area contributed by atoms with Crippen molar-refractivity contribution in [1.82, 2.24) is 10.2 Å². The minimum absolute atomic E-state index is 0.171. The van der Waals surface area contributed by atoms with Crippen LogP contribution in [0.3, 0.4) is 0 Å². The van der Waals surface area contributed by atoms with Gasteiger partial charge in [-0.15, -0.1) is 10.2 Å². The topological polar surface area (TPSA) is 66.9 Å². The lowest BCUT2D eigenvalue weighted by Crippen LogP contribution is -2.22. The van der Waals surface area contributed by atoms with Gasteiger partial charge in [0.1, 0.15) is 5.82 Å². The Hall–Kier alpha value is -2.45. The van der Waals surface area contributed by atoms with E-state index in [1.807, 2.05) is 26.0 Å². The van der Waals surface area contributed by atoms with Gasteiger partial charge in [-0.05, 0) is 44.5 Å². The zero-order chi connectivity index (χ0) is 19.4. The maximum Gasteiger partial charge on any atom is 0.237 e. The van der Waals surface area contributed by atoms with Crippen molar-refractivity contribution in [2.45, 2.75) is 30.4 Å². The fourth-order valence-corrected chi connectivity index (χ4v) is 4.29. The summed E-state index contributed by atoms with van der Waals surface area (Å²) >= 11 is 2.66. The average molecular weight is 403 g/mol. The van der Waals surface area contributed by atoms with Gasteiger partial charge in [0.2, 0.25) is 11.0 Å². The van der Waals surface area contributed by atoms with Crippen molar-refractivity contribution < 1.29 is 9.18 Å². The Morgan fingerprint density at radius 2 is 1.93 bits per heavy atom. The molecule has 0 unspecified atom stereocenters. The predicted octanol–water partition coefficient (Wildman–Crippen LogP) is 5.16. The number of carbonyl (C=O) groups is 1. The van der Waals surface area contributed by atoms with Crippen LogP contribution in [0.5, 0.6) is 0 Å². The molecule has 0 aliphatic carbocycles. The molecule has 3 rings (SSSR count). The summed E-state index contributed by atoms with van der Waals surface area (Å²) < 4.78 is 14.3. The Morgan fingerprint density at radius 1 is 1.15 bits per heavy atom. The number of rotatable bonds is 6. The van der Waals surface area contributed by atoms with E-state index in [-0.39, 0.29) is 11.6 Å². The largest absolute Gasteiger partial charge is 0.330 e. The molecule has 0 saturated heterocycles. The second kappa shape index (κ2) is 8.49. The van der Waals surface area contributed by atoms with Crippen molar-refractivity contribution in [2.75, 3.05) is 10.6 Å². The molecule has 1 atom stereocenters. The van der Waals surface area contributed by atoms with Crippen LogP contribution in [-0.4, -0.2) is 21.4 Å². The zero-order valence-corrected chi connectivity index (χ0v) is 16.7. The van der Waals surface area contributed by atoms with Crippen molar-refractivity contribution in [1.29, 1.82) is 0 Å². The molecular formula is C19H19FN4OS2. The standard InChI is InChI=1S/C19H19FN4OS2/c1-11-8-9-15(12(2)10-11)22-18-23-24-19(27-18)26-13(3)17(25)21-16-7-5-4-6-14(16)20/h4-10,13H,1-3H3,(H,21,25)(H,22,23)/t13-/m1/s1. The molecule has 0 saturated carbocycles. The molecule has 140 valence electrons. The SMILES string of the molecule is Cc1ccc(Nc2nnc(S[C@H](C)C(=O)Nc3ccccc3F)s2)c(C)c1. The van der Waals surface area contributed by atoms with Crippen LogP contribution in [0.4, 0.5) is 20.9 Å². The Morgan fingerprint density at radius 3 is 2.67 bits per heavy atom. The maximum atomic E-state index is 13.7. The molecular weight excluding hydrogens is 383 g/mol. The summed E-state index contributed by atoms with van der Waals surface area (Å²) in [5.74, 6) is -0.747. The number of nitrogens with one attached hydrogen (secondary N) is 2. The first-order valence-corrected chi connectivity index (χ1v) is 10.0. The molecule has 0 bridgehead atoms. The Bertz CT molecular complexity index is 960. The van der Waals surface area contributed by atoms with Gasteiger partial charge in [-0.3, -0.25) is 4.79 Å². The number of para-hydroxylation sites is 1. The molecule has 27 heavy (non-hydrogen) atoms. The smallest absolute Gasteiger partial charge is 0.237 e. The van der Waals surface area contributed by atoms with Crippen LogP contribution in [0.1, 0.15) is 18.1 Å². The first-order chi connectivity index (χ1) is 12.9. The molecule has 0 aliphatic rings. The predicted molar refractivity (Wildman–Crippen MR) is 109 cm³/mol. The van der Waals surface area contributed by atoms with Crippen molar-refractivity contribution in [3.8, 4) is 0 Å². The highest BCUT2D eigenvalue weighted by atomic mass is 32.2. The molecule has 1 aromatic heterocycles. The number of anilines is 3. The molecule has 2 aromatic carbocycles. The highest BCUT2D eigenvalue weighted by Gasteiger charge is 2.18. The number of thioether (sulfide) groups is 1. The fraction of sp³-hybridized carbons (Fsp3) is 0.211. The van der Waals surface area contributed by atoms with Crippen molar-refractivity contribution in [2.24, 2.45) is 0 Å². The second-order valence-electron chi connectivity index (χ2n) is 6.05. The van der Waals surface area contributed by atoms with E-state index >= 15 is 0 Å². The van der Waals surface area contributed by atoms with Crippen LogP contribution >= 0.6 is 23.1 Å². The number of aromatic nitrogens is 2. The van der Waals surface area contributed by atoms with Crippen LogP contribution in [0, 0.1) is 19.7 Å². The second-order valence-corrected chi connectivity index (χ2v) is 8.61. The van der Waals surface area contributed by atoms with Gasteiger partial charge in [-0.25, -0.2) is 4.39 Å². The summed E-state index contributed by atoms with van der Waals surface area (Å²) in [7, 11) is 0. The van der Waals surface area contributed by atoms with Crippen LogP contribution in [0.15, 0.2) is 46.8 Å². The molecule has 0 spiro atoms. The third kappa shape index (κ3) is 5.05. The summed E-state index contributed by atoms with van der Waals surface area (Å²) in [5, 5.41) is 14.3. The maximum absolute atomic E-state index is 13.7. The third-order valence-electron chi connectivity index (χ3n) is 3.81. The molecule has 1 heterocycles. The minimum Gasteiger partial charge on any atom is -0.330 e. The molecule has 8 heteroatoms. The van der Waals surface area contributed by atoms with Gasteiger partial charge in [-0.1, -0.05) is 52.9 Å². The zero-order valence-electron chi connectivity index (χ0n) is 15.1. The Kier molecular flexibility index (Phi) is 6.08. The van der Waals surface area contributed by atoms with Gasteiger partial charge in [-0.2, -0.15) is 0 Å². The van der Waals surface area contributed by atoms with E-state index in [9.17, 15) is 9.18 Å². The number of aryl methyl sites for hydroxylation is 2. The monoisotopic (exact) mass is 402 g/mol. The summed E-state index contributed by atoms with van der Waals surface area (Å²) in [6, 6.07) is 12.2. The minimum atomic E-state index is -0.459. The van der Waals surface area contributed by atoms with E-state index in [0.717, 1.165) is 11.3 Å². The molecule has 0 radical (unpaired) electrons. The molecule has 0 fully saturated rings. The summed E-state index contributed by atoms with van der Waals surface area (Å²) in [4.78, 5) is 12.3. The van der Waals surface area contributed by atoms with Crippen molar-refractivity contribution >= 4 is 45.5 Å². The molecule has 5 nitrogen and oxygen atoms in total.